The predicted octanol–water partition coefficient (Wildman–Crippen LogP) is 1.87. The molecule has 1 aromatic carbocycles. The number of aliphatic hydroxyl groups excluding tert-OH is 1. The van der Waals surface area contributed by atoms with Gasteiger partial charge in [0.05, 0.1) is 17.6 Å². The minimum Gasteiger partial charge on any atom is -0.389 e. The number of hydrogen-bond acceptors (Lipinski definition) is 5. The maximum atomic E-state index is 10.5. The van der Waals surface area contributed by atoms with Gasteiger partial charge in [0.15, 0.2) is 0 Å². The number of benzene rings is 1. The number of nitrogens with zero attached hydrogens (tertiary/aromatic N) is 3. The molecule has 20 heavy (non-hydrogen) atoms. The molecule has 0 aliphatic heterocycles. The van der Waals surface area contributed by atoms with E-state index in [-0.39, 0.29) is 12.2 Å². The first-order chi connectivity index (χ1) is 9.54. The Morgan fingerprint density at radius 2 is 2.35 bits per heavy atom. The normalized spacial score (nSPS) is 12.1. The number of anilines is 1. The van der Waals surface area contributed by atoms with E-state index in [4.69, 9.17) is 0 Å². The van der Waals surface area contributed by atoms with Gasteiger partial charge in [-0.25, -0.2) is 0 Å². The Morgan fingerprint density at radius 3 is 3.00 bits per heavy atom. The summed E-state index contributed by atoms with van der Waals surface area (Å²) in [7, 11) is 0. The lowest BCUT2D eigenvalue weighted by atomic mass is 10.3. The molecule has 7 nitrogen and oxygen atoms in total. The average molecular weight is 388 g/mol. The highest BCUT2D eigenvalue weighted by molar-refractivity contribution is 14.1. The number of nitrogens with one attached hydrogen (secondary N) is 1. The molecule has 2 N–H and O–H groups in total. The third-order valence-electron chi connectivity index (χ3n) is 2.59. The third kappa shape index (κ3) is 4.17. The summed E-state index contributed by atoms with van der Waals surface area (Å²) in [5.74, 6) is 0. The van der Waals surface area contributed by atoms with Gasteiger partial charge in [-0.05, 0) is 40.8 Å². The lowest BCUT2D eigenvalue weighted by Crippen LogP contribution is -2.25. The van der Waals surface area contributed by atoms with E-state index in [0.717, 1.165) is 9.26 Å². The number of halogens is 1. The Balaban J connectivity index is 1.85. The largest absolute Gasteiger partial charge is 0.389 e. The van der Waals surface area contributed by atoms with Crippen molar-refractivity contribution >= 4 is 34.0 Å². The van der Waals surface area contributed by atoms with Crippen LogP contribution in [0.25, 0.3) is 0 Å². The Hall–Kier alpha value is -1.68. The molecule has 0 spiro atoms. The summed E-state index contributed by atoms with van der Waals surface area (Å²) in [5.41, 5.74) is 0.838. The van der Waals surface area contributed by atoms with Crippen LogP contribution < -0.4 is 5.32 Å². The van der Waals surface area contributed by atoms with Gasteiger partial charge in [-0.15, -0.1) is 0 Å². The summed E-state index contributed by atoms with van der Waals surface area (Å²) >= 11 is 2.21. The molecule has 1 unspecified atom stereocenters. The highest BCUT2D eigenvalue weighted by Crippen LogP contribution is 2.12. The van der Waals surface area contributed by atoms with Gasteiger partial charge in [0.1, 0.15) is 12.4 Å². The van der Waals surface area contributed by atoms with Gasteiger partial charge >= 0.3 is 5.69 Å². The second kappa shape index (κ2) is 6.66. The summed E-state index contributed by atoms with van der Waals surface area (Å²) in [4.78, 5) is 10.0. The zero-order chi connectivity index (χ0) is 14.5. The van der Waals surface area contributed by atoms with Crippen molar-refractivity contribution in [2.24, 2.45) is 0 Å². The van der Waals surface area contributed by atoms with Crippen LogP contribution in [0.4, 0.5) is 11.4 Å². The number of rotatable bonds is 6. The minimum atomic E-state index is -0.688. The molecular formula is C12H13IN4O3. The van der Waals surface area contributed by atoms with Gasteiger partial charge in [-0.3, -0.25) is 14.8 Å². The fraction of sp³-hybridized carbons (Fsp3) is 0.250. The van der Waals surface area contributed by atoms with E-state index in [1.807, 2.05) is 24.3 Å². The van der Waals surface area contributed by atoms with Crippen molar-refractivity contribution in [3.8, 4) is 0 Å². The predicted molar refractivity (Wildman–Crippen MR) is 82.5 cm³/mol. The molecule has 1 atom stereocenters. The van der Waals surface area contributed by atoms with Crippen LogP contribution in [0.3, 0.4) is 0 Å². The fourth-order valence-electron chi connectivity index (χ4n) is 1.66. The zero-order valence-electron chi connectivity index (χ0n) is 10.4. The summed E-state index contributed by atoms with van der Waals surface area (Å²) in [6.07, 6.45) is 1.78. The molecule has 0 fully saturated rings. The van der Waals surface area contributed by atoms with Crippen molar-refractivity contribution in [2.45, 2.75) is 12.6 Å². The molecule has 0 amide bonds. The van der Waals surface area contributed by atoms with E-state index < -0.39 is 11.0 Å². The maximum absolute atomic E-state index is 10.5. The van der Waals surface area contributed by atoms with Crippen molar-refractivity contribution in [2.75, 3.05) is 11.9 Å². The van der Waals surface area contributed by atoms with Crippen LogP contribution in [0.5, 0.6) is 0 Å². The monoisotopic (exact) mass is 388 g/mol. The lowest BCUT2D eigenvalue weighted by molar-refractivity contribution is -0.385. The second-order valence-corrected chi connectivity index (χ2v) is 5.47. The van der Waals surface area contributed by atoms with Crippen LogP contribution in [0.1, 0.15) is 0 Å². The molecule has 2 rings (SSSR count). The quantitative estimate of drug-likeness (QED) is 0.448. The first-order valence-corrected chi connectivity index (χ1v) is 6.97. The average Bonchev–Trinajstić information content (AvgIpc) is 2.85. The molecule has 0 bridgehead atoms. The van der Waals surface area contributed by atoms with Gasteiger partial charge in [-0.1, -0.05) is 6.07 Å². The molecule has 0 aliphatic carbocycles. The summed E-state index contributed by atoms with van der Waals surface area (Å²) < 4.78 is 2.46. The molecule has 0 saturated heterocycles. The second-order valence-electron chi connectivity index (χ2n) is 4.22. The molecule has 0 radical (unpaired) electrons. The van der Waals surface area contributed by atoms with Crippen LogP contribution in [-0.4, -0.2) is 32.5 Å². The van der Waals surface area contributed by atoms with Gasteiger partial charge in [0.2, 0.25) is 0 Å². The number of nitro groups is 1. The summed E-state index contributed by atoms with van der Waals surface area (Å²) in [6, 6.07) is 7.78. The SMILES string of the molecule is O=[N+]([O-])c1cnn(CC(O)CNc2cccc(I)c2)c1. The lowest BCUT2D eigenvalue weighted by Gasteiger charge is -2.12. The standard InChI is InChI=1S/C12H13IN4O3/c13-9-2-1-3-10(4-9)14-6-12(18)8-16-7-11(5-15-16)17(19)20/h1-5,7,12,14,18H,6,8H2. The Morgan fingerprint density at radius 1 is 1.55 bits per heavy atom. The zero-order valence-corrected chi connectivity index (χ0v) is 12.6. The Bertz CT molecular complexity index is 602. The smallest absolute Gasteiger partial charge is 0.306 e. The third-order valence-corrected chi connectivity index (χ3v) is 3.27. The maximum Gasteiger partial charge on any atom is 0.306 e. The van der Waals surface area contributed by atoms with Crippen molar-refractivity contribution in [3.63, 3.8) is 0 Å². The molecule has 2 aromatic rings. The molecule has 106 valence electrons. The van der Waals surface area contributed by atoms with Crippen molar-refractivity contribution < 1.29 is 10.0 Å². The fourth-order valence-corrected chi connectivity index (χ4v) is 2.20. The van der Waals surface area contributed by atoms with Crippen LogP contribution >= 0.6 is 22.6 Å². The van der Waals surface area contributed by atoms with Gasteiger partial charge in [0.25, 0.3) is 0 Å². The van der Waals surface area contributed by atoms with Crippen LogP contribution in [-0.2, 0) is 6.54 Å². The summed E-state index contributed by atoms with van der Waals surface area (Å²) in [5, 5.41) is 27.3. The van der Waals surface area contributed by atoms with Crippen LogP contribution in [0.2, 0.25) is 0 Å². The molecular weight excluding hydrogens is 375 g/mol. The first kappa shape index (κ1) is 14.7. The van der Waals surface area contributed by atoms with Gasteiger partial charge in [0, 0.05) is 15.8 Å². The van der Waals surface area contributed by atoms with E-state index in [9.17, 15) is 15.2 Å². The molecule has 0 saturated carbocycles. The van der Waals surface area contributed by atoms with E-state index in [2.05, 4.69) is 33.0 Å². The highest BCUT2D eigenvalue weighted by Gasteiger charge is 2.11. The van der Waals surface area contributed by atoms with Gasteiger partial charge < -0.3 is 10.4 Å². The van der Waals surface area contributed by atoms with Crippen molar-refractivity contribution in [3.05, 3.63) is 50.3 Å². The molecule has 8 heteroatoms. The van der Waals surface area contributed by atoms with Crippen molar-refractivity contribution in [1.82, 2.24) is 9.78 Å². The Kier molecular flexibility index (Phi) is 4.90. The van der Waals surface area contributed by atoms with Crippen molar-refractivity contribution in [1.29, 1.82) is 0 Å². The molecule has 1 heterocycles. The van der Waals surface area contributed by atoms with E-state index in [1.54, 1.807) is 0 Å². The highest BCUT2D eigenvalue weighted by atomic mass is 127. The van der Waals surface area contributed by atoms with Crippen LogP contribution in [0.15, 0.2) is 36.7 Å². The van der Waals surface area contributed by atoms with E-state index >= 15 is 0 Å². The summed E-state index contributed by atoms with van der Waals surface area (Å²) in [6.45, 7) is 0.540. The number of hydrogen-bond donors (Lipinski definition) is 2. The molecule has 0 aliphatic rings. The van der Waals surface area contributed by atoms with Gasteiger partial charge in [-0.2, -0.15) is 5.10 Å². The number of aromatic nitrogens is 2. The minimum absolute atomic E-state index is 0.0808. The van der Waals surface area contributed by atoms with E-state index in [0.29, 0.717) is 6.54 Å². The Labute approximate surface area is 128 Å². The molecule has 1 aromatic heterocycles. The van der Waals surface area contributed by atoms with Crippen LogP contribution in [0, 0.1) is 13.7 Å². The topological polar surface area (TPSA) is 93.2 Å². The first-order valence-electron chi connectivity index (χ1n) is 5.89. The number of aliphatic hydroxyl groups is 1. The van der Waals surface area contributed by atoms with E-state index in [1.165, 1.54) is 17.1 Å².